The lowest BCUT2D eigenvalue weighted by molar-refractivity contribution is -0.121. The molecular weight excluding hydrogens is 216 g/mol. The second kappa shape index (κ2) is 5.29. The van der Waals surface area contributed by atoms with Crippen LogP contribution in [0.4, 0.5) is 0 Å². The maximum absolute atomic E-state index is 11.4. The maximum atomic E-state index is 11.4. The van der Waals surface area contributed by atoms with Gasteiger partial charge in [0.05, 0.1) is 12.5 Å². The number of carbonyl (C=O) groups excluding carboxylic acids is 1. The standard InChI is InChI=1S/C13H18N2O2/c1-17-8-9-4-2-3-5-10(9)11-6-15-7-12(11)13(14)16/h2-5,11-12,15H,6-8H2,1H3,(H2,14,16). The molecule has 0 bridgehead atoms. The summed E-state index contributed by atoms with van der Waals surface area (Å²) in [5.41, 5.74) is 7.74. The van der Waals surface area contributed by atoms with Gasteiger partial charge in [0.2, 0.25) is 5.91 Å². The van der Waals surface area contributed by atoms with E-state index in [1.54, 1.807) is 7.11 Å². The lowest BCUT2D eigenvalue weighted by Gasteiger charge is -2.19. The van der Waals surface area contributed by atoms with Crippen molar-refractivity contribution >= 4 is 5.91 Å². The highest BCUT2D eigenvalue weighted by Crippen LogP contribution is 2.30. The van der Waals surface area contributed by atoms with Crippen molar-refractivity contribution < 1.29 is 9.53 Å². The third kappa shape index (κ3) is 2.48. The van der Waals surface area contributed by atoms with Crippen LogP contribution in [0, 0.1) is 5.92 Å². The van der Waals surface area contributed by atoms with Crippen LogP contribution in [-0.2, 0) is 16.1 Å². The number of benzene rings is 1. The van der Waals surface area contributed by atoms with Crippen LogP contribution >= 0.6 is 0 Å². The average molecular weight is 234 g/mol. The quantitative estimate of drug-likeness (QED) is 0.802. The predicted octanol–water partition coefficient (Wildman–Crippen LogP) is 0.621. The van der Waals surface area contributed by atoms with Crippen molar-refractivity contribution in [3.63, 3.8) is 0 Å². The van der Waals surface area contributed by atoms with Gasteiger partial charge in [0, 0.05) is 26.1 Å². The highest BCUT2D eigenvalue weighted by molar-refractivity contribution is 5.78. The molecule has 2 rings (SSSR count). The Balaban J connectivity index is 2.29. The number of hydrogen-bond donors (Lipinski definition) is 2. The van der Waals surface area contributed by atoms with Crippen LogP contribution in [0.1, 0.15) is 17.0 Å². The molecule has 1 saturated heterocycles. The molecule has 1 aliphatic heterocycles. The molecule has 0 spiro atoms. The summed E-state index contributed by atoms with van der Waals surface area (Å²) in [5, 5.41) is 3.23. The van der Waals surface area contributed by atoms with Gasteiger partial charge >= 0.3 is 0 Å². The second-order valence-electron chi connectivity index (χ2n) is 4.41. The molecule has 0 aliphatic carbocycles. The minimum absolute atomic E-state index is 0.118. The van der Waals surface area contributed by atoms with Crippen LogP contribution in [0.5, 0.6) is 0 Å². The summed E-state index contributed by atoms with van der Waals surface area (Å²) in [4.78, 5) is 11.4. The van der Waals surface area contributed by atoms with Crippen molar-refractivity contribution in [3.05, 3.63) is 35.4 Å². The molecule has 4 nitrogen and oxygen atoms in total. The zero-order valence-electron chi connectivity index (χ0n) is 9.98. The van der Waals surface area contributed by atoms with E-state index in [4.69, 9.17) is 10.5 Å². The van der Waals surface area contributed by atoms with Crippen LogP contribution in [0.2, 0.25) is 0 Å². The molecule has 0 radical (unpaired) electrons. The van der Waals surface area contributed by atoms with Crippen molar-refractivity contribution in [2.45, 2.75) is 12.5 Å². The highest BCUT2D eigenvalue weighted by atomic mass is 16.5. The predicted molar refractivity (Wildman–Crippen MR) is 65.5 cm³/mol. The summed E-state index contributed by atoms with van der Waals surface area (Å²) < 4.78 is 5.19. The molecule has 1 aliphatic rings. The minimum atomic E-state index is -0.229. The lowest BCUT2D eigenvalue weighted by atomic mass is 9.86. The van der Waals surface area contributed by atoms with E-state index < -0.39 is 0 Å². The maximum Gasteiger partial charge on any atom is 0.222 e. The number of hydrogen-bond acceptors (Lipinski definition) is 3. The fraction of sp³-hybridized carbons (Fsp3) is 0.462. The number of nitrogens with two attached hydrogens (primary N) is 1. The van der Waals surface area contributed by atoms with Gasteiger partial charge in [0.1, 0.15) is 0 Å². The van der Waals surface area contributed by atoms with Crippen LogP contribution in [-0.4, -0.2) is 26.1 Å². The number of primary amides is 1. The second-order valence-corrected chi connectivity index (χ2v) is 4.41. The van der Waals surface area contributed by atoms with Gasteiger partial charge in [-0.25, -0.2) is 0 Å². The van der Waals surface area contributed by atoms with Gasteiger partial charge in [-0.15, -0.1) is 0 Å². The van der Waals surface area contributed by atoms with Gasteiger partial charge in [0.15, 0.2) is 0 Å². The largest absolute Gasteiger partial charge is 0.380 e. The molecule has 2 unspecified atom stereocenters. The summed E-state index contributed by atoms with van der Waals surface area (Å²) in [6, 6.07) is 8.07. The fourth-order valence-corrected chi connectivity index (χ4v) is 2.49. The van der Waals surface area contributed by atoms with Gasteiger partial charge < -0.3 is 15.8 Å². The first kappa shape index (κ1) is 12.1. The number of rotatable bonds is 4. The minimum Gasteiger partial charge on any atom is -0.380 e. The van der Waals surface area contributed by atoms with E-state index in [1.165, 1.54) is 5.56 Å². The van der Waals surface area contributed by atoms with E-state index in [1.807, 2.05) is 18.2 Å². The molecule has 4 heteroatoms. The van der Waals surface area contributed by atoms with Crippen molar-refractivity contribution in [1.29, 1.82) is 0 Å². The number of nitrogens with one attached hydrogen (secondary N) is 1. The molecule has 2 atom stereocenters. The number of carbonyl (C=O) groups is 1. The molecular formula is C13H18N2O2. The van der Waals surface area contributed by atoms with E-state index in [0.717, 1.165) is 12.1 Å². The van der Waals surface area contributed by atoms with Crippen molar-refractivity contribution in [2.24, 2.45) is 11.7 Å². The van der Waals surface area contributed by atoms with Crippen molar-refractivity contribution in [3.8, 4) is 0 Å². The van der Waals surface area contributed by atoms with E-state index in [9.17, 15) is 4.79 Å². The lowest BCUT2D eigenvalue weighted by Crippen LogP contribution is -2.28. The van der Waals surface area contributed by atoms with Crippen LogP contribution < -0.4 is 11.1 Å². The molecule has 1 fully saturated rings. The van der Waals surface area contributed by atoms with Gasteiger partial charge in [-0.2, -0.15) is 0 Å². The van der Waals surface area contributed by atoms with Gasteiger partial charge in [-0.05, 0) is 11.1 Å². The van der Waals surface area contributed by atoms with Gasteiger partial charge in [-0.3, -0.25) is 4.79 Å². The first-order chi connectivity index (χ1) is 8.24. The normalized spacial score (nSPS) is 23.8. The van der Waals surface area contributed by atoms with Gasteiger partial charge in [-0.1, -0.05) is 24.3 Å². The molecule has 0 aromatic heterocycles. The first-order valence-electron chi connectivity index (χ1n) is 5.80. The van der Waals surface area contributed by atoms with Crippen LogP contribution in [0.3, 0.4) is 0 Å². The molecule has 1 aromatic carbocycles. The molecule has 92 valence electrons. The highest BCUT2D eigenvalue weighted by Gasteiger charge is 2.33. The number of amides is 1. The zero-order chi connectivity index (χ0) is 12.3. The third-order valence-corrected chi connectivity index (χ3v) is 3.33. The Bertz CT molecular complexity index is 406. The van der Waals surface area contributed by atoms with E-state index in [-0.39, 0.29) is 17.7 Å². The molecule has 1 heterocycles. The Morgan fingerprint density at radius 3 is 2.94 bits per heavy atom. The summed E-state index contributed by atoms with van der Waals surface area (Å²) in [6.45, 7) is 2.04. The zero-order valence-corrected chi connectivity index (χ0v) is 9.98. The molecule has 1 aromatic rings. The molecule has 0 saturated carbocycles. The first-order valence-corrected chi connectivity index (χ1v) is 5.80. The van der Waals surface area contributed by atoms with E-state index >= 15 is 0 Å². The number of methoxy groups -OCH3 is 1. The van der Waals surface area contributed by atoms with Crippen LogP contribution in [0.25, 0.3) is 0 Å². The van der Waals surface area contributed by atoms with Crippen molar-refractivity contribution in [1.82, 2.24) is 5.32 Å². The number of ether oxygens (including phenoxy) is 1. The Morgan fingerprint density at radius 1 is 1.47 bits per heavy atom. The van der Waals surface area contributed by atoms with E-state index in [0.29, 0.717) is 13.2 Å². The average Bonchev–Trinajstić information content (AvgIpc) is 2.79. The fourth-order valence-electron chi connectivity index (χ4n) is 2.49. The smallest absolute Gasteiger partial charge is 0.222 e. The Hall–Kier alpha value is -1.39. The Labute approximate surface area is 101 Å². The topological polar surface area (TPSA) is 64.3 Å². The van der Waals surface area contributed by atoms with Crippen LogP contribution in [0.15, 0.2) is 24.3 Å². The summed E-state index contributed by atoms with van der Waals surface area (Å²) in [7, 11) is 1.68. The SMILES string of the molecule is COCc1ccccc1C1CNCC1C(N)=O. The molecule has 3 N–H and O–H groups in total. The third-order valence-electron chi connectivity index (χ3n) is 3.33. The molecule has 1 amide bonds. The Morgan fingerprint density at radius 2 is 2.24 bits per heavy atom. The molecule has 17 heavy (non-hydrogen) atoms. The summed E-state index contributed by atoms with van der Waals surface area (Å²) >= 11 is 0. The van der Waals surface area contributed by atoms with Gasteiger partial charge in [0.25, 0.3) is 0 Å². The monoisotopic (exact) mass is 234 g/mol. The Kier molecular flexibility index (Phi) is 3.76. The van der Waals surface area contributed by atoms with Crippen molar-refractivity contribution in [2.75, 3.05) is 20.2 Å². The summed E-state index contributed by atoms with van der Waals surface area (Å²) in [5.74, 6) is -0.181. The summed E-state index contributed by atoms with van der Waals surface area (Å²) in [6.07, 6.45) is 0. The van der Waals surface area contributed by atoms with E-state index in [2.05, 4.69) is 11.4 Å².